The first-order valence-electron chi connectivity index (χ1n) is 8.53. The van der Waals surface area contributed by atoms with E-state index >= 15 is 0 Å². The molecule has 0 aliphatic carbocycles. The van der Waals surface area contributed by atoms with E-state index in [2.05, 4.69) is 33.0 Å². The third-order valence-corrected chi connectivity index (χ3v) is 4.11. The van der Waals surface area contributed by atoms with E-state index < -0.39 is 5.91 Å². The number of rotatable bonds is 5. The molecule has 0 saturated carbocycles. The molecule has 0 aliphatic rings. The number of nitrogens with one attached hydrogen (secondary N) is 1. The van der Waals surface area contributed by atoms with E-state index in [0.717, 1.165) is 5.56 Å². The van der Waals surface area contributed by atoms with Gasteiger partial charge in [0.2, 0.25) is 0 Å². The summed E-state index contributed by atoms with van der Waals surface area (Å²) in [6.07, 6.45) is 1.61. The Labute approximate surface area is 150 Å². The molecule has 0 unspecified atom stereocenters. The standard InChI is InChI=1S/C22H24N2O/c1-15(2)18-7-5-17(6-8-18)13-20(14-23)22(25)24-21-11-9-19(10-12-21)16(3)4/h5-13,15-16H,1-4H3,(H,24,25)/b20-13-. The topological polar surface area (TPSA) is 52.9 Å². The third-order valence-electron chi connectivity index (χ3n) is 4.11. The van der Waals surface area contributed by atoms with Gasteiger partial charge in [-0.1, -0.05) is 64.1 Å². The molecule has 0 aliphatic heterocycles. The number of hydrogen-bond donors (Lipinski definition) is 1. The molecule has 0 aromatic heterocycles. The summed E-state index contributed by atoms with van der Waals surface area (Å²) in [6.45, 7) is 8.50. The summed E-state index contributed by atoms with van der Waals surface area (Å²) in [5, 5.41) is 12.1. The SMILES string of the molecule is CC(C)c1ccc(/C=C(/C#N)C(=O)Nc2ccc(C(C)C)cc2)cc1. The normalized spacial score (nSPS) is 11.5. The van der Waals surface area contributed by atoms with Crippen LogP contribution in [0.15, 0.2) is 54.1 Å². The van der Waals surface area contributed by atoms with Gasteiger partial charge in [0, 0.05) is 5.69 Å². The lowest BCUT2D eigenvalue weighted by Crippen LogP contribution is -2.13. The highest BCUT2D eigenvalue weighted by Gasteiger charge is 2.10. The molecule has 0 fully saturated rings. The summed E-state index contributed by atoms with van der Waals surface area (Å²) in [5.41, 5.74) is 4.05. The largest absolute Gasteiger partial charge is 0.321 e. The predicted octanol–water partition coefficient (Wildman–Crippen LogP) is 5.48. The number of hydrogen-bond acceptors (Lipinski definition) is 2. The number of benzene rings is 2. The quantitative estimate of drug-likeness (QED) is 0.582. The summed E-state index contributed by atoms with van der Waals surface area (Å²) in [5.74, 6) is 0.492. The van der Waals surface area contributed by atoms with Crippen LogP contribution in [0.2, 0.25) is 0 Å². The Morgan fingerprint density at radius 3 is 1.84 bits per heavy atom. The Hall–Kier alpha value is -2.86. The van der Waals surface area contributed by atoms with Gasteiger partial charge in [-0.15, -0.1) is 0 Å². The first-order chi connectivity index (χ1) is 11.9. The number of nitrogens with zero attached hydrogens (tertiary/aromatic N) is 1. The van der Waals surface area contributed by atoms with Gasteiger partial charge in [0.1, 0.15) is 11.6 Å². The van der Waals surface area contributed by atoms with E-state index in [0.29, 0.717) is 17.5 Å². The molecular formula is C22H24N2O. The highest BCUT2D eigenvalue weighted by Crippen LogP contribution is 2.19. The zero-order valence-corrected chi connectivity index (χ0v) is 15.2. The summed E-state index contributed by atoms with van der Waals surface area (Å²) in [6, 6.07) is 17.6. The average molecular weight is 332 g/mol. The van der Waals surface area contributed by atoms with E-state index in [4.69, 9.17) is 0 Å². The molecule has 0 atom stereocenters. The zero-order chi connectivity index (χ0) is 18.4. The first-order valence-corrected chi connectivity index (χ1v) is 8.53. The summed E-state index contributed by atoms with van der Waals surface area (Å²) < 4.78 is 0. The molecule has 2 aromatic carbocycles. The molecule has 0 bridgehead atoms. The van der Waals surface area contributed by atoms with Gasteiger partial charge in [-0.3, -0.25) is 4.79 Å². The summed E-state index contributed by atoms with van der Waals surface area (Å²) in [7, 11) is 0. The van der Waals surface area contributed by atoms with E-state index in [9.17, 15) is 10.1 Å². The Morgan fingerprint density at radius 2 is 1.40 bits per heavy atom. The van der Waals surface area contributed by atoms with Crippen molar-refractivity contribution in [3.8, 4) is 6.07 Å². The van der Waals surface area contributed by atoms with Gasteiger partial charge in [0.25, 0.3) is 5.91 Å². The second-order valence-electron chi connectivity index (χ2n) is 6.72. The Morgan fingerprint density at radius 1 is 0.920 bits per heavy atom. The lowest BCUT2D eigenvalue weighted by atomic mass is 10.0. The lowest BCUT2D eigenvalue weighted by molar-refractivity contribution is -0.112. The first kappa shape index (κ1) is 18.5. The molecule has 0 spiro atoms. The molecule has 3 nitrogen and oxygen atoms in total. The number of amides is 1. The maximum absolute atomic E-state index is 12.3. The fourth-order valence-electron chi connectivity index (χ4n) is 2.44. The zero-order valence-electron chi connectivity index (χ0n) is 15.2. The molecule has 1 amide bonds. The Balaban J connectivity index is 2.13. The monoisotopic (exact) mass is 332 g/mol. The van der Waals surface area contributed by atoms with Crippen LogP contribution in [0.3, 0.4) is 0 Å². The van der Waals surface area contributed by atoms with Crippen molar-refractivity contribution in [3.63, 3.8) is 0 Å². The molecule has 2 rings (SSSR count). The minimum Gasteiger partial charge on any atom is -0.321 e. The van der Waals surface area contributed by atoms with Crippen molar-refractivity contribution in [3.05, 3.63) is 70.8 Å². The van der Waals surface area contributed by atoms with E-state index in [1.807, 2.05) is 54.6 Å². The van der Waals surface area contributed by atoms with Crippen molar-refractivity contribution < 1.29 is 4.79 Å². The molecule has 1 N–H and O–H groups in total. The second-order valence-corrected chi connectivity index (χ2v) is 6.72. The minimum atomic E-state index is -0.396. The van der Waals surface area contributed by atoms with E-state index in [1.165, 1.54) is 11.1 Å². The smallest absolute Gasteiger partial charge is 0.266 e. The lowest BCUT2D eigenvalue weighted by Gasteiger charge is -2.08. The van der Waals surface area contributed by atoms with Crippen LogP contribution in [0.25, 0.3) is 6.08 Å². The molecule has 128 valence electrons. The van der Waals surface area contributed by atoms with Crippen molar-refractivity contribution in [2.45, 2.75) is 39.5 Å². The van der Waals surface area contributed by atoms with Gasteiger partial charge in [0.05, 0.1) is 0 Å². The molecule has 2 aromatic rings. The van der Waals surface area contributed by atoms with Crippen LogP contribution in [0.1, 0.15) is 56.2 Å². The van der Waals surface area contributed by atoms with Crippen molar-refractivity contribution in [2.75, 3.05) is 5.32 Å². The minimum absolute atomic E-state index is 0.0882. The van der Waals surface area contributed by atoms with Crippen molar-refractivity contribution in [1.82, 2.24) is 0 Å². The third kappa shape index (κ3) is 5.06. The van der Waals surface area contributed by atoms with Gasteiger partial charge in [0.15, 0.2) is 0 Å². The van der Waals surface area contributed by atoms with Crippen LogP contribution in [0, 0.1) is 11.3 Å². The molecule has 3 heteroatoms. The highest BCUT2D eigenvalue weighted by molar-refractivity contribution is 6.09. The summed E-state index contributed by atoms with van der Waals surface area (Å²) >= 11 is 0. The van der Waals surface area contributed by atoms with Gasteiger partial charge in [-0.25, -0.2) is 0 Å². The average Bonchev–Trinajstić information content (AvgIpc) is 2.60. The molecule has 0 heterocycles. The van der Waals surface area contributed by atoms with Gasteiger partial charge >= 0.3 is 0 Å². The van der Waals surface area contributed by atoms with Crippen molar-refractivity contribution in [2.24, 2.45) is 0 Å². The number of carbonyl (C=O) groups is 1. The molecule has 0 radical (unpaired) electrons. The Bertz CT molecular complexity index is 791. The number of anilines is 1. The van der Waals surface area contributed by atoms with Gasteiger partial charge < -0.3 is 5.32 Å². The van der Waals surface area contributed by atoms with Gasteiger partial charge in [-0.2, -0.15) is 5.26 Å². The number of nitriles is 1. The fraction of sp³-hybridized carbons (Fsp3) is 0.273. The number of carbonyl (C=O) groups excluding carboxylic acids is 1. The molecule has 25 heavy (non-hydrogen) atoms. The van der Waals surface area contributed by atoms with E-state index in [-0.39, 0.29) is 5.57 Å². The maximum Gasteiger partial charge on any atom is 0.266 e. The van der Waals surface area contributed by atoms with E-state index in [1.54, 1.807) is 6.08 Å². The van der Waals surface area contributed by atoms with Crippen LogP contribution < -0.4 is 5.32 Å². The molecular weight excluding hydrogens is 308 g/mol. The highest BCUT2D eigenvalue weighted by atomic mass is 16.1. The fourth-order valence-corrected chi connectivity index (χ4v) is 2.44. The summed E-state index contributed by atoms with van der Waals surface area (Å²) in [4.78, 5) is 12.3. The van der Waals surface area contributed by atoms with Crippen molar-refractivity contribution >= 4 is 17.7 Å². The predicted molar refractivity (Wildman–Crippen MR) is 103 cm³/mol. The van der Waals surface area contributed by atoms with Crippen LogP contribution in [-0.2, 0) is 4.79 Å². The van der Waals surface area contributed by atoms with Gasteiger partial charge in [-0.05, 0) is 46.7 Å². The van der Waals surface area contributed by atoms with Crippen LogP contribution in [0.4, 0.5) is 5.69 Å². The molecule has 0 saturated heterocycles. The van der Waals surface area contributed by atoms with Crippen LogP contribution >= 0.6 is 0 Å². The van der Waals surface area contributed by atoms with Crippen molar-refractivity contribution in [1.29, 1.82) is 5.26 Å². The van der Waals surface area contributed by atoms with Crippen LogP contribution in [0.5, 0.6) is 0 Å². The maximum atomic E-state index is 12.3. The second kappa shape index (κ2) is 8.30. The van der Waals surface area contributed by atoms with Crippen LogP contribution in [-0.4, -0.2) is 5.91 Å². The Kier molecular flexibility index (Phi) is 6.14.